The van der Waals surface area contributed by atoms with Gasteiger partial charge in [-0.3, -0.25) is 4.79 Å². The lowest BCUT2D eigenvalue weighted by Gasteiger charge is -2.12. The lowest BCUT2D eigenvalue weighted by atomic mass is 10.1. The zero-order valence-electron chi connectivity index (χ0n) is 8.96. The number of rotatable bonds is 3. The zero-order chi connectivity index (χ0) is 12.1. The quantitative estimate of drug-likeness (QED) is 0.624. The lowest BCUT2D eigenvalue weighted by molar-refractivity contribution is 0.0946. The van der Waals surface area contributed by atoms with Crippen LogP contribution in [-0.4, -0.2) is 11.9 Å². The van der Waals surface area contributed by atoms with Crippen LogP contribution in [0.15, 0.2) is 18.2 Å². The van der Waals surface area contributed by atoms with Crippen molar-refractivity contribution in [2.24, 2.45) is 0 Å². The molecule has 0 bridgehead atoms. The summed E-state index contributed by atoms with van der Waals surface area (Å²) < 4.78 is 0. The summed E-state index contributed by atoms with van der Waals surface area (Å²) >= 11 is 5.79. The maximum absolute atomic E-state index is 11.8. The van der Waals surface area contributed by atoms with E-state index in [1.165, 1.54) is 6.07 Å². The highest BCUT2D eigenvalue weighted by molar-refractivity contribution is 6.31. The van der Waals surface area contributed by atoms with E-state index in [9.17, 15) is 4.79 Å². The Morgan fingerprint density at radius 3 is 2.94 bits per heavy atom. The van der Waals surface area contributed by atoms with Gasteiger partial charge in [0.15, 0.2) is 0 Å². The molecule has 1 aromatic rings. The summed E-state index contributed by atoms with van der Waals surface area (Å²) in [7, 11) is 0. The first-order chi connectivity index (χ1) is 7.58. The summed E-state index contributed by atoms with van der Waals surface area (Å²) in [5.74, 6) is 2.18. The van der Waals surface area contributed by atoms with E-state index in [-0.39, 0.29) is 11.9 Å². The normalized spacial score (nSPS) is 11.6. The fourth-order valence-electron chi connectivity index (χ4n) is 1.22. The van der Waals surface area contributed by atoms with Gasteiger partial charge in [-0.1, -0.05) is 24.4 Å². The molecule has 1 aromatic carbocycles. The van der Waals surface area contributed by atoms with Crippen LogP contribution in [0.1, 0.15) is 23.7 Å². The number of carbonyl (C=O) groups excluding carboxylic acids is 1. The van der Waals surface area contributed by atoms with Crippen LogP contribution in [0.3, 0.4) is 0 Å². The number of nitrogens with one attached hydrogen (secondary N) is 1. The van der Waals surface area contributed by atoms with Crippen molar-refractivity contribution in [3.05, 3.63) is 28.8 Å². The molecule has 0 aliphatic heterocycles. The molecule has 0 heterocycles. The number of amides is 1. The van der Waals surface area contributed by atoms with Crippen LogP contribution in [0, 0.1) is 12.3 Å². The maximum Gasteiger partial charge on any atom is 0.254 e. The van der Waals surface area contributed by atoms with Crippen molar-refractivity contribution in [3.8, 4) is 12.3 Å². The molecule has 1 amide bonds. The number of benzene rings is 1. The predicted molar refractivity (Wildman–Crippen MR) is 66.2 cm³/mol. The van der Waals surface area contributed by atoms with Gasteiger partial charge in [0.25, 0.3) is 5.91 Å². The lowest BCUT2D eigenvalue weighted by Crippen LogP contribution is -2.33. The fourth-order valence-corrected chi connectivity index (χ4v) is 1.39. The van der Waals surface area contributed by atoms with Gasteiger partial charge >= 0.3 is 0 Å². The van der Waals surface area contributed by atoms with Crippen molar-refractivity contribution in [1.82, 2.24) is 5.32 Å². The van der Waals surface area contributed by atoms with E-state index in [0.717, 1.165) is 0 Å². The van der Waals surface area contributed by atoms with Gasteiger partial charge in [-0.2, -0.15) is 0 Å². The molecule has 0 saturated heterocycles. The molecule has 16 heavy (non-hydrogen) atoms. The van der Waals surface area contributed by atoms with Crippen LogP contribution in [0.25, 0.3) is 0 Å². The first-order valence-corrected chi connectivity index (χ1v) is 5.28. The third kappa shape index (κ3) is 2.91. The molecule has 0 fully saturated rings. The average molecular weight is 237 g/mol. The highest BCUT2D eigenvalue weighted by Gasteiger charge is 2.13. The van der Waals surface area contributed by atoms with E-state index < -0.39 is 0 Å². The molecule has 3 nitrogen and oxygen atoms in total. The zero-order valence-corrected chi connectivity index (χ0v) is 9.71. The Morgan fingerprint density at radius 1 is 1.69 bits per heavy atom. The third-order valence-corrected chi connectivity index (χ3v) is 2.41. The molecular weight excluding hydrogens is 224 g/mol. The Hall–Kier alpha value is -1.66. The maximum atomic E-state index is 11.8. The van der Waals surface area contributed by atoms with Gasteiger partial charge in [-0.25, -0.2) is 0 Å². The molecule has 0 aliphatic rings. The first-order valence-electron chi connectivity index (χ1n) is 4.90. The van der Waals surface area contributed by atoms with Crippen molar-refractivity contribution in [1.29, 1.82) is 0 Å². The fraction of sp³-hybridized carbons (Fsp3) is 0.250. The molecular formula is C12H13ClN2O. The van der Waals surface area contributed by atoms with Crippen LogP contribution >= 0.6 is 11.6 Å². The molecule has 0 aliphatic carbocycles. The van der Waals surface area contributed by atoms with Crippen molar-refractivity contribution in [2.75, 3.05) is 5.73 Å². The molecule has 0 aromatic heterocycles. The second-order valence-corrected chi connectivity index (χ2v) is 3.77. The van der Waals surface area contributed by atoms with Gasteiger partial charge in [0.2, 0.25) is 0 Å². The van der Waals surface area contributed by atoms with Crippen LogP contribution in [-0.2, 0) is 0 Å². The minimum atomic E-state index is -0.301. The van der Waals surface area contributed by atoms with E-state index in [1.807, 2.05) is 6.92 Å². The van der Waals surface area contributed by atoms with E-state index in [4.69, 9.17) is 23.8 Å². The highest BCUT2D eigenvalue weighted by atomic mass is 35.5. The van der Waals surface area contributed by atoms with Gasteiger partial charge < -0.3 is 11.1 Å². The van der Waals surface area contributed by atoms with Crippen LogP contribution in [0.4, 0.5) is 5.69 Å². The number of hydrogen-bond donors (Lipinski definition) is 2. The summed E-state index contributed by atoms with van der Waals surface area (Å²) in [4.78, 5) is 11.8. The third-order valence-electron chi connectivity index (χ3n) is 2.17. The van der Waals surface area contributed by atoms with E-state index >= 15 is 0 Å². The minimum absolute atomic E-state index is 0.286. The number of anilines is 1. The highest BCUT2D eigenvalue weighted by Crippen LogP contribution is 2.17. The Balaban J connectivity index is 2.89. The number of carbonyl (C=O) groups is 1. The Kier molecular flexibility index (Phi) is 4.21. The standard InChI is InChI=1S/C12H13ClN2O/c1-3-9(4-2)15-12(16)10-7-8(13)5-6-11(10)14/h1,5-7,9H,4,14H2,2H3,(H,15,16). The summed E-state index contributed by atoms with van der Waals surface area (Å²) in [6, 6.07) is 4.46. The summed E-state index contributed by atoms with van der Waals surface area (Å²) in [6.45, 7) is 1.89. The average Bonchev–Trinajstić information content (AvgIpc) is 2.28. The molecule has 4 heteroatoms. The smallest absolute Gasteiger partial charge is 0.254 e. The number of halogens is 1. The van der Waals surface area contributed by atoms with Crippen LogP contribution in [0.2, 0.25) is 5.02 Å². The Labute approximate surface area is 100.0 Å². The SMILES string of the molecule is C#CC(CC)NC(=O)c1cc(Cl)ccc1N. The molecule has 0 saturated carbocycles. The van der Waals surface area contributed by atoms with Gasteiger partial charge in [-0.15, -0.1) is 6.42 Å². The van der Waals surface area contributed by atoms with Crippen molar-refractivity contribution in [3.63, 3.8) is 0 Å². The van der Waals surface area contributed by atoms with E-state index in [2.05, 4.69) is 11.2 Å². The molecule has 84 valence electrons. The van der Waals surface area contributed by atoms with Crippen molar-refractivity contribution in [2.45, 2.75) is 19.4 Å². The van der Waals surface area contributed by atoms with Crippen LogP contribution in [0.5, 0.6) is 0 Å². The minimum Gasteiger partial charge on any atom is -0.398 e. The second-order valence-electron chi connectivity index (χ2n) is 3.33. The topological polar surface area (TPSA) is 55.1 Å². The number of hydrogen-bond acceptors (Lipinski definition) is 2. The molecule has 1 rings (SSSR count). The van der Waals surface area contributed by atoms with Crippen LogP contribution < -0.4 is 11.1 Å². The van der Waals surface area contributed by atoms with Gasteiger partial charge in [0.05, 0.1) is 11.6 Å². The van der Waals surface area contributed by atoms with Crippen molar-refractivity contribution >= 4 is 23.2 Å². The number of terminal acetylenes is 1. The summed E-state index contributed by atoms with van der Waals surface area (Å²) in [5, 5.41) is 3.15. The number of nitrogen functional groups attached to an aromatic ring is 1. The molecule has 1 unspecified atom stereocenters. The Bertz CT molecular complexity index is 437. The largest absolute Gasteiger partial charge is 0.398 e. The second kappa shape index (κ2) is 5.43. The number of nitrogens with two attached hydrogens (primary N) is 1. The van der Waals surface area contributed by atoms with Gasteiger partial charge in [0, 0.05) is 10.7 Å². The summed E-state index contributed by atoms with van der Waals surface area (Å²) in [6.07, 6.45) is 5.92. The monoisotopic (exact) mass is 236 g/mol. The predicted octanol–water partition coefficient (Wildman–Crippen LogP) is 2.06. The molecule has 0 radical (unpaired) electrons. The first kappa shape index (κ1) is 12.4. The van der Waals surface area contributed by atoms with Crippen molar-refractivity contribution < 1.29 is 4.79 Å². The molecule has 3 N–H and O–H groups in total. The Morgan fingerprint density at radius 2 is 2.38 bits per heavy atom. The molecule has 0 spiro atoms. The van der Waals surface area contributed by atoms with Gasteiger partial charge in [0.1, 0.15) is 0 Å². The van der Waals surface area contributed by atoms with E-state index in [1.54, 1.807) is 12.1 Å². The summed E-state index contributed by atoms with van der Waals surface area (Å²) in [5.41, 5.74) is 6.41. The van der Waals surface area contributed by atoms with Gasteiger partial charge in [-0.05, 0) is 24.6 Å². The molecule has 1 atom stereocenters. The van der Waals surface area contributed by atoms with E-state index in [0.29, 0.717) is 22.7 Å².